The Morgan fingerprint density at radius 2 is 2.05 bits per heavy atom. The molecule has 0 aromatic rings. The van der Waals surface area contributed by atoms with Crippen LogP contribution in [0.3, 0.4) is 0 Å². The number of carbonyl (C=O) groups is 1. The van der Waals surface area contributed by atoms with Crippen LogP contribution >= 0.6 is 11.6 Å². The molecule has 1 saturated heterocycles. The number of halogens is 1. The molecule has 1 atom stereocenters. The van der Waals surface area contributed by atoms with E-state index in [1.807, 2.05) is 6.92 Å². The van der Waals surface area contributed by atoms with E-state index in [4.69, 9.17) is 16.3 Å². The third-order valence-electron chi connectivity index (χ3n) is 3.25. The van der Waals surface area contributed by atoms with Crippen LogP contribution in [0.5, 0.6) is 0 Å². The molecule has 0 bridgehead atoms. The first-order valence-electron chi connectivity index (χ1n) is 6.71. The zero-order valence-corrected chi connectivity index (χ0v) is 13.5. The van der Waals surface area contributed by atoms with E-state index < -0.39 is 10.0 Å². The van der Waals surface area contributed by atoms with Gasteiger partial charge in [-0.3, -0.25) is 4.79 Å². The van der Waals surface area contributed by atoms with E-state index >= 15 is 0 Å². The smallest absolute Gasteiger partial charge is 0.246 e. The summed E-state index contributed by atoms with van der Waals surface area (Å²) in [7, 11) is -1.78. The Hall–Kier alpha value is -0.370. The molecule has 1 fully saturated rings. The Labute approximate surface area is 125 Å². The minimum absolute atomic E-state index is 0.0227. The van der Waals surface area contributed by atoms with Gasteiger partial charge in [0.1, 0.15) is 6.61 Å². The number of piperidine rings is 1. The number of hydrogen-bond donors (Lipinski definition) is 1. The van der Waals surface area contributed by atoms with Crippen LogP contribution in [-0.4, -0.2) is 63.1 Å². The van der Waals surface area contributed by atoms with Gasteiger partial charge in [-0.25, -0.2) is 12.7 Å². The van der Waals surface area contributed by atoms with Crippen molar-refractivity contribution in [2.75, 3.05) is 38.4 Å². The SMILES string of the molecule is COCC(=O)NC1CCN(S(=O)(=O)CC(C)CCl)CC1. The van der Waals surface area contributed by atoms with Crippen LogP contribution in [0.15, 0.2) is 0 Å². The number of ether oxygens (including phenoxy) is 1. The van der Waals surface area contributed by atoms with E-state index in [0.29, 0.717) is 31.8 Å². The second-order valence-corrected chi connectivity index (χ2v) is 7.53. The van der Waals surface area contributed by atoms with Crippen molar-refractivity contribution in [2.24, 2.45) is 5.92 Å². The molecule has 6 nitrogen and oxygen atoms in total. The molecule has 1 unspecified atom stereocenters. The van der Waals surface area contributed by atoms with Gasteiger partial charge in [-0.1, -0.05) is 6.92 Å². The third kappa shape index (κ3) is 5.55. The quantitative estimate of drug-likeness (QED) is 0.688. The third-order valence-corrected chi connectivity index (χ3v) is 5.92. The van der Waals surface area contributed by atoms with E-state index in [9.17, 15) is 13.2 Å². The molecule has 0 radical (unpaired) electrons. The van der Waals surface area contributed by atoms with Gasteiger partial charge in [-0.2, -0.15) is 0 Å². The molecule has 0 saturated carbocycles. The fraction of sp³-hybridized carbons (Fsp3) is 0.917. The Morgan fingerprint density at radius 3 is 2.55 bits per heavy atom. The Bertz CT molecular complexity index is 408. The van der Waals surface area contributed by atoms with Crippen molar-refractivity contribution in [1.82, 2.24) is 9.62 Å². The lowest BCUT2D eigenvalue weighted by atomic mass is 10.1. The van der Waals surface area contributed by atoms with E-state index in [1.165, 1.54) is 11.4 Å². The number of alkyl halides is 1. The summed E-state index contributed by atoms with van der Waals surface area (Å²) in [5.41, 5.74) is 0. The molecule has 8 heteroatoms. The number of methoxy groups -OCH3 is 1. The summed E-state index contributed by atoms with van der Waals surface area (Å²) in [4.78, 5) is 11.4. The number of nitrogens with zero attached hydrogens (tertiary/aromatic N) is 1. The maximum Gasteiger partial charge on any atom is 0.246 e. The Kier molecular flexibility index (Phi) is 7.22. The molecule has 1 rings (SSSR count). The fourth-order valence-electron chi connectivity index (χ4n) is 2.19. The second-order valence-electron chi connectivity index (χ2n) is 5.21. The number of hydrogen-bond acceptors (Lipinski definition) is 4. The highest BCUT2D eigenvalue weighted by Gasteiger charge is 2.29. The van der Waals surface area contributed by atoms with Crippen molar-refractivity contribution >= 4 is 27.5 Å². The first kappa shape index (κ1) is 17.7. The number of amides is 1. The van der Waals surface area contributed by atoms with Crippen molar-refractivity contribution in [3.8, 4) is 0 Å². The highest BCUT2D eigenvalue weighted by Crippen LogP contribution is 2.16. The van der Waals surface area contributed by atoms with Crippen LogP contribution in [0.4, 0.5) is 0 Å². The van der Waals surface area contributed by atoms with Crippen molar-refractivity contribution in [3.05, 3.63) is 0 Å². The molecule has 20 heavy (non-hydrogen) atoms. The van der Waals surface area contributed by atoms with Crippen molar-refractivity contribution < 1.29 is 17.9 Å². The first-order valence-corrected chi connectivity index (χ1v) is 8.85. The maximum absolute atomic E-state index is 12.1. The summed E-state index contributed by atoms with van der Waals surface area (Å²) in [5, 5.41) is 2.84. The van der Waals surface area contributed by atoms with Gasteiger partial charge in [0, 0.05) is 32.1 Å². The van der Waals surface area contributed by atoms with Gasteiger partial charge in [0.15, 0.2) is 0 Å². The molecular weight excluding hydrogens is 304 g/mol. The summed E-state index contributed by atoms with van der Waals surface area (Å²) >= 11 is 5.66. The lowest BCUT2D eigenvalue weighted by Crippen LogP contribution is -2.48. The van der Waals surface area contributed by atoms with E-state index in [2.05, 4.69) is 5.32 Å². The monoisotopic (exact) mass is 326 g/mol. The van der Waals surface area contributed by atoms with Gasteiger partial charge >= 0.3 is 0 Å². The zero-order valence-electron chi connectivity index (χ0n) is 12.0. The van der Waals surface area contributed by atoms with Crippen molar-refractivity contribution in [3.63, 3.8) is 0 Å². The van der Waals surface area contributed by atoms with E-state index in [1.54, 1.807) is 0 Å². The number of rotatable bonds is 7. The van der Waals surface area contributed by atoms with Crippen LogP contribution in [-0.2, 0) is 19.6 Å². The lowest BCUT2D eigenvalue weighted by molar-refractivity contribution is -0.125. The summed E-state index contributed by atoms with van der Waals surface area (Å²) in [5.74, 6) is 0.199. The highest BCUT2D eigenvalue weighted by molar-refractivity contribution is 7.89. The Morgan fingerprint density at radius 1 is 1.45 bits per heavy atom. The van der Waals surface area contributed by atoms with Crippen molar-refractivity contribution in [1.29, 1.82) is 0 Å². The average Bonchev–Trinajstić information content (AvgIpc) is 2.39. The minimum Gasteiger partial charge on any atom is -0.375 e. The van der Waals surface area contributed by atoms with Gasteiger partial charge < -0.3 is 10.1 Å². The zero-order chi connectivity index (χ0) is 15.2. The molecule has 1 aliphatic rings. The lowest BCUT2D eigenvalue weighted by Gasteiger charge is -2.32. The first-order chi connectivity index (χ1) is 9.39. The highest BCUT2D eigenvalue weighted by atomic mass is 35.5. The molecule has 118 valence electrons. The van der Waals surface area contributed by atoms with Crippen LogP contribution < -0.4 is 5.32 Å². The summed E-state index contributed by atoms with van der Waals surface area (Å²) < 4.78 is 30.5. The van der Waals surface area contributed by atoms with Crippen LogP contribution in [0, 0.1) is 5.92 Å². The largest absolute Gasteiger partial charge is 0.375 e. The van der Waals surface area contributed by atoms with Crippen LogP contribution in [0.25, 0.3) is 0 Å². The van der Waals surface area contributed by atoms with Crippen LogP contribution in [0.2, 0.25) is 0 Å². The fourth-order valence-corrected chi connectivity index (χ4v) is 4.24. The topological polar surface area (TPSA) is 75.7 Å². The van der Waals surface area contributed by atoms with E-state index in [0.717, 1.165) is 0 Å². The molecule has 1 amide bonds. The molecule has 1 heterocycles. The van der Waals surface area contributed by atoms with Gasteiger partial charge in [-0.15, -0.1) is 11.6 Å². The molecule has 0 spiro atoms. The normalized spacial score (nSPS) is 19.8. The van der Waals surface area contributed by atoms with Crippen molar-refractivity contribution in [2.45, 2.75) is 25.8 Å². The molecule has 0 aromatic carbocycles. The number of nitrogens with one attached hydrogen (secondary N) is 1. The standard InChI is InChI=1S/C12H23ClN2O4S/c1-10(7-13)9-20(17,18)15-5-3-11(4-6-15)14-12(16)8-19-2/h10-11H,3-9H2,1-2H3,(H,14,16). The second kappa shape index (κ2) is 8.17. The predicted octanol–water partition coefficient (Wildman–Crippen LogP) is 0.418. The Balaban J connectivity index is 2.43. The summed E-state index contributed by atoms with van der Waals surface area (Å²) in [6.07, 6.45) is 1.26. The van der Waals surface area contributed by atoms with Gasteiger partial charge in [-0.05, 0) is 18.8 Å². The van der Waals surface area contributed by atoms with Crippen LogP contribution in [0.1, 0.15) is 19.8 Å². The number of sulfonamides is 1. The minimum atomic E-state index is -3.25. The molecule has 1 N–H and O–H groups in total. The molecule has 0 aromatic heterocycles. The summed E-state index contributed by atoms with van der Waals surface area (Å²) in [6.45, 7) is 2.73. The molecule has 0 aliphatic carbocycles. The predicted molar refractivity (Wildman–Crippen MR) is 78.3 cm³/mol. The maximum atomic E-state index is 12.1. The average molecular weight is 327 g/mol. The van der Waals surface area contributed by atoms with E-state index in [-0.39, 0.29) is 30.2 Å². The van der Waals surface area contributed by atoms with Gasteiger partial charge in [0.25, 0.3) is 0 Å². The van der Waals surface area contributed by atoms with Gasteiger partial charge in [0.2, 0.25) is 15.9 Å². The molecule has 1 aliphatic heterocycles. The number of carbonyl (C=O) groups excluding carboxylic acids is 1. The summed E-state index contributed by atoms with van der Waals surface area (Å²) in [6, 6.07) is 0.0227. The van der Waals surface area contributed by atoms with Gasteiger partial charge in [0.05, 0.1) is 5.75 Å². The molecular formula is C12H23ClN2O4S.